The van der Waals surface area contributed by atoms with Crippen molar-refractivity contribution < 1.29 is 0 Å². The quantitative estimate of drug-likeness (QED) is 0.785. The Kier molecular flexibility index (Phi) is 2.90. The van der Waals surface area contributed by atoms with Crippen molar-refractivity contribution in [3.63, 3.8) is 0 Å². The lowest BCUT2D eigenvalue weighted by Gasteiger charge is -2.00. The summed E-state index contributed by atoms with van der Waals surface area (Å²) in [5.41, 5.74) is 1.96. The minimum absolute atomic E-state index is 0.0781. The zero-order valence-electron chi connectivity index (χ0n) is 9.55. The SMILES string of the molecule is CCCn1ncn(-c2ccc(C)cc2)c1=O. The first-order valence-electron chi connectivity index (χ1n) is 5.44. The summed E-state index contributed by atoms with van der Waals surface area (Å²) < 4.78 is 3.05. The Bertz CT molecular complexity index is 522. The summed E-state index contributed by atoms with van der Waals surface area (Å²) in [6.45, 7) is 4.71. The molecule has 4 heteroatoms. The minimum atomic E-state index is -0.0781. The molecule has 0 fully saturated rings. The molecule has 0 atom stereocenters. The van der Waals surface area contributed by atoms with Gasteiger partial charge in [0.05, 0.1) is 5.69 Å². The average molecular weight is 217 g/mol. The molecule has 1 aromatic heterocycles. The molecule has 0 radical (unpaired) electrons. The van der Waals surface area contributed by atoms with Crippen LogP contribution in [0.1, 0.15) is 18.9 Å². The second-order valence-corrected chi connectivity index (χ2v) is 3.84. The van der Waals surface area contributed by atoms with Gasteiger partial charge in [0.25, 0.3) is 0 Å². The fourth-order valence-electron chi connectivity index (χ4n) is 1.58. The first kappa shape index (κ1) is 10.7. The van der Waals surface area contributed by atoms with Crippen LogP contribution >= 0.6 is 0 Å². The molecule has 0 saturated carbocycles. The Morgan fingerprint density at radius 2 is 1.94 bits per heavy atom. The number of rotatable bonds is 3. The molecule has 2 rings (SSSR count). The number of aromatic nitrogens is 3. The predicted octanol–water partition coefficient (Wildman–Crippen LogP) is 1.75. The molecule has 16 heavy (non-hydrogen) atoms. The maximum absolute atomic E-state index is 11.9. The first-order chi connectivity index (χ1) is 7.72. The molecular weight excluding hydrogens is 202 g/mol. The highest BCUT2D eigenvalue weighted by Crippen LogP contribution is 2.06. The number of nitrogens with zero attached hydrogens (tertiary/aromatic N) is 3. The summed E-state index contributed by atoms with van der Waals surface area (Å²) in [5, 5.41) is 4.07. The van der Waals surface area contributed by atoms with Gasteiger partial charge < -0.3 is 0 Å². The summed E-state index contributed by atoms with van der Waals surface area (Å²) in [5.74, 6) is 0. The summed E-state index contributed by atoms with van der Waals surface area (Å²) in [4.78, 5) is 11.9. The minimum Gasteiger partial charge on any atom is -0.250 e. The van der Waals surface area contributed by atoms with Crippen LogP contribution in [0.15, 0.2) is 35.4 Å². The molecule has 0 bridgehead atoms. The molecule has 84 valence electrons. The fourth-order valence-corrected chi connectivity index (χ4v) is 1.58. The van der Waals surface area contributed by atoms with Gasteiger partial charge in [0.2, 0.25) is 0 Å². The Morgan fingerprint density at radius 1 is 1.25 bits per heavy atom. The highest BCUT2D eigenvalue weighted by Gasteiger charge is 2.05. The molecule has 0 N–H and O–H groups in total. The lowest BCUT2D eigenvalue weighted by atomic mass is 10.2. The van der Waals surface area contributed by atoms with Gasteiger partial charge in [-0.1, -0.05) is 24.6 Å². The van der Waals surface area contributed by atoms with Crippen molar-refractivity contribution in [1.29, 1.82) is 0 Å². The van der Waals surface area contributed by atoms with Crippen LogP contribution in [0.2, 0.25) is 0 Å². The lowest BCUT2D eigenvalue weighted by molar-refractivity contribution is 0.578. The molecule has 1 heterocycles. The lowest BCUT2D eigenvalue weighted by Crippen LogP contribution is -2.23. The Morgan fingerprint density at radius 3 is 2.56 bits per heavy atom. The van der Waals surface area contributed by atoms with Gasteiger partial charge in [-0.15, -0.1) is 0 Å². The normalized spacial score (nSPS) is 10.6. The third-order valence-corrected chi connectivity index (χ3v) is 2.48. The number of hydrogen-bond donors (Lipinski definition) is 0. The van der Waals surface area contributed by atoms with E-state index in [4.69, 9.17) is 0 Å². The van der Waals surface area contributed by atoms with Crippen LogP contribution in [0.3, 0.4) is 0 Å². The highest BCUT2D eigenvalue weighted by atomic mass is 16.2. The van der Waals surface area contributed by atoms with Crippen LogP contribution in [0, 0.1) is 6.92 Å². The van der Waals surface area contributed by atoms with Crippen molar-refractivity contribution in [2.45, 2.75) is 26.8 Å². The van der Waals surface area contributed by atoms with Gasteiger partial charge in [0, 0.05) is 6.54 Å². The standard InChI is InChI=1S/C12H15N3O/c1-3-8-15-12(16)14(9-13-15)11-6-4-10(2)5-7-11/h4-7,9H,3,8H2,1-2H3. The van der Waals surface area contributed by atoms with E-state index in [1.165, 1.54) is 10.2 Å². The monoisotopic (exact) mass is 217 g/mol. The largest absolute Gasteiger partial charge is 0.350 e. The van der Waals surface area contributed by atoms with Gasteiger partial charge in [-0.3, -0.25) is 0 Å². The zero-order chi connectivity index (χ0) is 11.5. The molecule has 0 aliphatic heterocycles. The average Bonchev–Trinajstić information content (AvgIpc) is 2.63. The number of benzene rings is 1. The van der Waals surface area contributed by atoms with E-state index in [0.717, 1.165) is 12.1 Å². The van der Waals surface area contributed by atoms with Crippen LogP contribution in [0.5, 0.6) is 0 Å². The van der Waals surface area contributed by atoms with Gasteiger partial charge in [-0.25, -0.2) is 14.0 Å². The van der Waals surface area contributed by atoms with E-state index >= 15 is 0 Å². The molecule has 2 aromatic rings. The number of aryl methyl sites for hydroxylation is 2. The summed E-state index contributed by atoms with van der Waals surface area (Å²) in [6, 6.07) is 7.82. The molecule has 0 aliphatic rings. The molecule has 0 saturated heterocycles. The number of hydrogen-bond acceptors (Lipinski definition) is 2. The molecule has 4 nitrogen and oxygen atoms in total. The van der Waals surface area contributed by atoms with E-state index in [1.54, 1.807) is 10.9 Å². The predicted molar refractivity (Wildman–Crippen MR) is 62.9 cm³/mol. The van der Waals surface area contributed by atoms with Crippen molar-refractivity contribution in [1.82, 2.24) is 14.3 Å². The molecule has 0 unspecified atom stereocenters. The molecule has 0 spiro atoms. The fraction of sp³-hybridized carbons (Fsp3) is 0.333. The maximum atomic E-state index is 11.9. The van der Waals surface area contributed by atoms with E-state index < -0.39 is 0 Å². The second-order valence-electron chi connectivity index (χ2n) is 3.84. The molecule has 0 aliphatic carbocycles. The van der Waals surface area contributed by atoms with Gasteiger partial charge >= 0.3 is 5.69 Å². The Labute approximate surface area is 94.1 Å². The maximum Gasteiger partial charge on any atom is 0.350 e. The summed E-state index contributed by atoms with van der Waals surface area (Å²) >= 11 is 0. The smallest absolute Gasteiger partial charge is 0.250 e. The van der Waals surface area contributed by atoms with Gasteiger partial charge in [-0.2, -0.15) is 5.10 Å². The van der Waals surface area contributed by atoms with Gasteiger partial charge in [0.1, 0.15) is 6.33 Å². The van der Waals surface area contributed by atoms with Crippen LogP contribution < -0.4 is 5.69 Å². The summed E-state index contributed by atoms with van der Waals surface area (Å²) in [6.07, 6.45) is 2.48. The van der Waals surface area contributed by atoms with E-state index in [9.17, 15) is 4.79 Å². The van der Waals surface area contributed by atoms with E-state index in [1.807, 2.05) is 38.1 Å². The van der Waals surface area contributed by atoms with Gasteiger partial charge in [0.15, 0.2) is 0 Å². The van der Waals surface area contributed by atoms with Gasteiger partial charge in [-0.05, 0) is 25.5 Å². The van der Waals surface area contributed by atoms with Crippen molar-refractivity contribution >= 4 is 0 Å². The second kappa shape index (κ2) is 4.35. The Balaban J connectivity index is 2.41. The highest BCUT2D eigenvalue weighted by molar-refractivity contribution is 5.33. The first-order valence-corrected chi connectivity index (χ1v) is 5.44. The van der Waals surface area contributed by atoms with Crippen molar-refractivity contribution in [3.8, 4) is 5.69 Å². The van der Waals surface area contributed by atoms with E-state index in [-0.39, 0.29) is 5.69 Å². The van der Waals surface area contributed by atoms with Crippen LogP contribution in [-0.2, 0) is 6.54 Å². The molecule has 1 aromatic carbocycles. The summed E-state index contributed by atoms with van der Waals surface area (Å²) in [7, 11) is 0. The van der Waals surface area contributed by atoms with E-state index in [2.05, 4.69) is 5.10 Å². The van der Waals surface area contributed by atoms with Crippen molar-refractivity contribution in [2.24, 2.45) is 0 Å². The third-order valence-electron chi connectivity index (χ3n) is 2.48. The Hall–Kier alpha value is -1.84. The van der Waals surface area contributed by atoms with Crippen LogP contribution in [-0.4, -0.2) is 14.3 Å². The van der Waals surface area contributed by atoms with Crippen molar-refractivity contribution in [2.75, 3.05) is 0 Å². The topological polar surface area (TPSA) is 39.8 Å². The van der Waals surface area contributed by atoms with Crippen molar-refractivity contribution in [3.05, 3.63) is 46.6 Å². The molecule has 0 amide bonds. The molecular formula is C12H15N3O. The van der Waals surface area contributed by atoms with E-state index in [0.29, 0.717) is 6.54 Å². The zero-order valence-corrected chi connectivity index (χ0v) is 9.55. The van der Waals surface area contributed by atoms with Crippen LogP contribution in [0.4, 0.5) is 0 Å². The van der Waals surface area contributed by atoms with Crippen LogP contribution in [0.25, 0.3) is 5.69 Å². The third kappa shape index (κ3) is 1.91.